The largest absolute Gasteiger partial charge is 0.387 e. The van der Waals surface area contributed by atoms with Gasteiger partial charge in [-0.15, -0.1) is 0 Å². The standard InChI is InChI=1S/C12H19NO/c1-4-5-10(3)12(14)11-8-9(2)6-7-13-11/h6-8,10,12,14H,4-5H2,1-3H3. The Labute approximate surface area is 86.0 Å². The van der Waals surface area contributed by atoms with Crippen molar-refractivity contribution in [3.63, 3.8) is 0 Å². The van der Waals surface area contributed by atoms with Crippen molar-refractivity contribution in [3.8, 4) is 0 Å². The highest BCUT2D eigenvalue weighted by Crippen LogP contribution is 2.23. The van der Waals surface area contributed by atoms with Crippen LogP contribution in [0.15, 0.2) is 18.3 Å². The molecule has 0 bridgehead atoms. The third-order valence-electron chi connectivity index (χ3n) is 2.52. The summed E-state index contributed by atoms with van der Waals surface area (Å²) in [4.78, 5) is 4.19. The highest BCUT2D eigenvalue weighted by atomic mass is 16.3. The lowest BCUT2D eigenvalue weighted by Crippen LogP contribution is -2.10. The van der Waals surface area contributed by atoms with Gasteiger partial charge in [-0.2, -0.15) is 0 Å². The van der Waals surface area contributed by atoms with Gasteiger partial charge >= 0.3 is 0 Å². The Morgan fingerprint density at radius 2 is 2.21 bits per heavy atom. The van der Waals surface area contributed by atoms with E-state index in [1.165, 1.54) is 0 Å². The monoisotopic (exact) mass is 193 g/mol. The number of aliphatic hydroxyl groups is 1. The smallest absolute Gasteiger partial charge is 0.0985 e. The van der Waals surface area contributed by atoms with Crippen molar-refractivity contribution < 1.29 is 5.11 Å². The lowest BCUT2D eigenvalue weighted by Gasteiger charge is -2.17. The van der Waals surface area contributed by atoms with Crippen molar-refractivity contribution in [1.29, 1.82) is 0 Å². The number of aryl methyl sites for hydroxylation is 1. The van der Waals surface area contributed by atoms with Gasteiger partial charge in [0.2, 0.25) is 0 Å². The molecule has 0 amide bonds. The average molecular weight is 193 g/mol. The summed E-state index contributed by atoms with van der Waals surface area (Å²) in [6.45, 7) is 6.22. The quantitative estimate of drug-likeness (QED) is 0.797. The van der Waals surface area contributed by atoms with E-state index in [1.54, 1.807) is 6.20 Å². The summed E-state index contributed by atoms with van der Waals surface area (Å²) in [6, 6.07) is 3.90. The van der Waals surface area contributed by atoms with Crippen molar-refractivity contribution in [2.24, 2.45) is 5.92 Å². The molecule has 1 rings (SSSR count). The Morgan fingerprint density at radius 1 is 1.50 bits per heavy atom. The van der Waals surface area contributed by atoms with E-state index in [0.717, 1.165) is 24.1 Å². The molecule has 2 nitrogen and oxygen atoms in total. The van der Waals surface area contributed by atoms with Gasteiger partial charge in [0.1, 0.15) is 0 Å². The molecule has 1 aromatic rings. The van der Waals surface area contributed by atoms with Crippen LogP contribution < -0.4 is 0 Å². The van der Waals surface area contributed by atoms with Crippen LogP contribution in [0, 0.1) is 12.8 Å². The van der Waals surface area contributed by atoms with Crippen LogP contribution in [0.1, 0.15) is 44.1 Å². The Hall–Kier alpha value is -0.890. The maximum Gasteiger partial charge on any atom is 0.0985 e. The predicted octanol–water partition coefficient (Wildman–Crippen LogP) is 2.86. The topological polar surface area (TPSA) is 33.1 Å². The molecule has 0 spiro atoms. The molecule has 2 atom stereocenters. The van der Waals surface area contributed by atoms with Crippen LogP contribution in [0.25, 0.3) is 0 Å². The summed E-state index contributed by atoms with van der Waals surface area (Å²) in [5, 5.41) is 9.98. The second kappa shape index (κ2) is 5.11. The molecule has 2 unspecified atom stereocenters. The molecule has 78 valence electrons. The van der Waals surface area contributed by atoms with Crippen LogP contribution in [0.2, 0.25) is 0 Å². The molecule has 0 aromatic carbocycles. The van der Waals surface area contributed by atoms with Crippen LogP contribution in [-0.4, -0.2) is 10.1 Å². The number of pyridine rings is 1. The van der Waals surface area contributed by atoms with Crippen molar-refractivity contribution in [3.05, 3.63) is 29.6 Å². The number of nitrogens with zero attached hydrogens (tertiary/aromatic N) is 1. The van der Waals surface area contributed by atoms with E-state index < -0.39 is 6.10 Å². The van der Waals surface area contributed by atoms with Gasteiger partial charge < -0.3 is 5.11 Å². The van der Waals surface area contributed by atoms with E-state index in [4.69, 9.17) is 0 Å². The summed E-state index contributed by atoms with van der Waals surface area (Å²) in [5.74, 6) is 0.286. The van der Waals surface area contributed by atoms with Gasteiger partial charge in [-0.25, -0.2) is 0 Å². The third kappa shape index (κ3) is 2.81. The molecule has 0 fully saturated rings. The molecule has 0 aliphatic heterocycles. The van der Waals surface area contributed by atoms with Crippen LogP contribution in [-0.2, 0) is 0 Å². The fraction of sp³-hybridized carbons (Fsp3) is 0.583. The fourth-order valence-corrected chi connectivity index (χ4v) is 1.63. The highest BCUT2D eigenvalue weighted by Gasteiger charge is 2.16. The third-order valence-corrected chi connectivity index (χ3v) is 2.52. The van der Waals surface area contributed by atoms with Gasteiger partial charge in [-0.1, -0.05) is 20.3 Å². The molecule has 0 aliphatic rings. The predicted molar refractivity (Wildman–Crippen MR) is 58.0 cm³/mol. The van der Waals surface area contributed by atoms with Crippen molar-refractivity contribution in [1.82, 2.24) is 4.98 Å². The van der Waals surface area contributed by atoms with Gasteiger partial charge in [0.15, 0.2) is 0 Å². The normalized spacial score (nSPS) is 15.1. The summed E-state index contributed by atoms with van der Waals surface area (Å²) >= 11 is 0. The van der Waals surface area contributed by atoms with E-state index in [9.17, 15) is 5.11 Å². The van der Waals surface area contributed by atoms with E-state index in [2.05, 4.69) is 18.8 Å². The van der Waals surface area contributed by atoms with Crippen molar-refractivity contribution >= 4 is 0 Å². The Kier molecular flexibility index (Phi) is 4.08. The van der Waals surface area contributed by atoms with Crippen LogP contribution in [0.5, 0.6) is 0 Å². The number of rotatable bonds is 4. The zero-order valence-electron chi connectivity index (χ0n) is 9.20. The summed E-state index contributed by atoms with van der Waals surface area (Å²) in [7, 11) is 0. The van der Waals surface area contributed by atoms with Crippen LogP contribution in [0.3, 0.4) is 0 Å². The van der Waals surface area contributed by atoms with Crippen molar-refractivity contribution in [2.45, 2.75) is 39.7 Å². The minimum atomic E-state index is -0.421. The number of aromatic nitrogens is 1. The maximum absolute atomic E-state index is 9.98. The van der Waals surface area contributed by atoms with Gasteiger partial charge in [0, 0.05) is 6.20 Å². The van der Waals surface area contributed by atoms with E-state index in [0.29, 0.717) is 0 Å². The number of hydrogen-bond acceptors (Lipinski definition) is 2. The number of hydrogen-bond donors (Lipinski definition) is 1. The molecule has 0 radical (unpaired) electrons. The van der Waals surface area contributed by atoms with Crippen LogP contribution in [0.4, 0.5) is 0 Å². The summed E-state index contributed by atoms with van der Waals surface area (Å²) in [6.07, 6.45) is 3.47. The van der Waals surface area contributed by atoms with Gasteiger partial charge in [-0.05, 0) is 37.0 Å². The van der Waals surface area contributed by atoms with Gasteiger partial charge in [0.25, 0.3) is 0 Å². The second-order valence-corrected chi connectivity index (χ2v) is 3.97. The molecular formula is C12H19NO. The molecule has 1 heterocycles. The van der Waals surface area contributed by atoms with Gasteiger partial charge in [-0.3, -0.25) is 4.98 Å². The molecule has 14 heavy (non-hydrogen) atoms. The van der Waals surface area contributed by atoms with Crippen molar-refractivity contribution in [2.75, 3.05) is 0 Å². The SMILES string of the molecule is CCCC(C)C(O)c1cc(C)ccn1. The molecule has 1 aromatic heterocycles. The second-order valence-electron chi connectivity index (χ2n) is 3.97. The zero-order chi connectivity index (χ0) is 10.6. The van der Waals surface area contributed by atoms with Gasteiger partial charge in [0.05, 0.1) is 11.8 Å². The zero-order valence-corrected chi connectivity index (χ0v) is 9.20. The van der Waals surface area contributed by atoms with E-state index in [-0.39, 0.29) is 5.92 Å². The lowest BCUT2D eigenvalue weighted by molar-refractivity contribution is 0.108. The lowest BCUT2D eigenvalue weighted by atomic mass is 9.96. The molecule has 0 saturated heterocycles. The maximum atomic E-state index is 9.98. The molecule has 1 N–H and O–H groups in total. The first-order chi connectivity index (χ1) is 6.65. The van der Waals surface area contributed by atoms with E-state index in [1.807, 2.05) is 19.1 Å². The molecule has 0 aliphatic carbocycles. The molecule has 0 saturated carbocycles. The molecular weight excluding hydrogens is 174 g/mol. The summed E-state index contributed by atoms with van der Waals surface area (Å²) < 4.78 is 0. The first-order valence-electron chi connectivity index (χ1n) is 5.25. The number of aliphatic hydroxyl groups excluding tert-OH is 1. The Bertz CT molecular complexity index is 285. The molecule has 2 heteroatoms. The first-order valence-corrected chi connectivity index (χ1v) is 5.25. The fourth-order valence-electron chi connectivity index (χ4n) is 1.63. The highest BCUT2D eigenvalue weighted by molar-refractivity contribution is 5.16. The summed E-state index contributed by atoms with van der Waals surface area (Å²) in [5.41, 5.74) is 1.95. The van der Waals surface area contributed by atoms with E-state index >= 15 is 0 Å². The first kappa shape index (κ1) is 11.2. The Morgan fingerprint density at radius 3 is 2.79 bits per heavy atom. The Balaban J connectivity index is 2.73. The van der Waals surface area contributed by atoms with Crippen LogP contribution >= 0.6 is 0 Å². The average Bonchev–Trinajstić information content (AvgIpc) is 2.17. The minimum Gasteiger partial charge on any atom is -0.387 e. The minimum absolute atomic E-state index is 0.286.